The van der Waals surface area contributed by atoms with Crippen molar-refractivity contribution in [1.29, 1.82) is 0 Å². The Morgan fingerprint density at radius 3 is 2.37 bits per heavy atom. The first kappa shape index (κ1) is 22.4. The number of nitrogens with two attached hydrogens (primary N) is 1. The van der Waals surface area contributed by atoms with E-state index in [1.807, 2.05) is 30.3 Å². The lowest BCUT2D eigenvalue weighted by molar-refractivity contribution is 0.0965. The molecule has 0 aliphatic carbocycles. The van der Waals surface area contributed by atoms with Gasteiger partial charge in [-0.1, -0.05) is 67.2 Å². The van der Waals surface area contributed by atoms with E-state index in [1.54, 1.807) is 11.8 Å². The van der Waals surface area contributed by atoms with Crippen molar-refractivity contribution in [2.45, 2.75) is 47.8 Å². The lowest BCUT2D eigenvalue weighted by Crippen LogP contribution is -2.38. The molecule has 4 nitrogen and oxygen atoms in total. The Morgan fingerprint density at radius 2 is 1.67 bits per heavy atom. The van der Waals surface area contributed by atoms with E-state index in [0.717, 1.165) is 26.7 Å². The summed E-state index contributed by atoms with van der Waals surface area (Å²) in [4.78, 5) is 2.25. The Balaban J connectivity index is 1.57. The molecule has 4 N–H and O–H groups in total. The zero-order valence-electron chi connectivity index (χ0n) is 17.1. The van der Waals surface area contributed by atoms with E-state index in [9.17, 15) is 5.11 Å². The zero-order valence-corrected chi connectivity index (χ0v) is 18.0. The fraction of sp³-hybridized carbons (Fsp3) is 0.280. The van der Waals surface area contributed by atoms with Crippen molar-refractivity contribution in [3.8, 4) is 5.75 Å². The molecule has 3 aromatic carbocycles. The van der Waals surface area contributed by atoms with Gasteiger partial charge in [0.1, 0.15) is 12.4 Å². The first-order chi connectivity index (χ1) is 14.5. The van der Waals surface area contributed by atoms with E-state index >= 15 is 0 Å². The Kier molecular flexibility index (Phi) is 8.34. The van der Waals surface area contributed by atoms with Crippen molar-refractivity contribution >= 4 is 11.8 Å². The second-order valence-electron chi connectivity index (χ2n) is 7.47. The highest BCUT2D eigenvalue weighted by Gasteiger charge is 2.18. The highest BCUT2D eigenvalue weighted by atomic mass is 32.2. The first-order valence-corrected chi connectivity index (χ1v) is 11.0. The molecule has 0 aliphatic rings. The Bertz CT molecular complexity index is 902. The van der Waals surface area contributed by atoms with Gasteiger partial charge in [0.05, 0.1) is 18.8 Å². The maximum Gasteiger partial charge on any atom is 0.120 e. The summed E-state index contributed by atoms with van der Waals surface area (Å²) in [7, 11) is 0. The third-order valence-electron chi connectivity index (χ3n) is 5.04. The van der Waals surface area contributed by atoms with Gasteiger partial charge >= 0.3 is 0 Å². The third-order valence-corrected chi connectivity index (χ3v) is 6.04. The fourth-order valence-electron chi connectivity index (χ4n) is 3.16. The number of aliphatic hydroxyl groups excluding tert-OH is 2. The lowest BCUT2D eigenvalue weighted by atomic mass is 9.93. The second kappa shape index (κ2) is 11.2. The molecule has 0 saturated heterocycles. The van der Waals surface area contributed by atoms with Crippen molar-refractivity contribution in [2.24, 2.45) is 5.73 Å². The number of hydrogen-bond donors (Lipinski definition) is 3. The molecule has 0 fully saturated rings. The van der Waals surface area contributed by atoms with Crippen LogP contribution in [0.3, 0.4) is 0 Å². The molecule has 3 unspecified atom stereocenters. The molecule has 0 heterocycles. The van der Waals surface area contributed by atoms with Gasteiger partial charge in [0.25, 0.3) is 0 Å². The van der Waals surface area contributed by atoms with E-state index in [2.05, 4.69) is 55.5 Å². The average molecular weight is 424 g/mol. The van der Waals surface area contributed by atoms with E-state index < -0.39 is 12.1 Å². The first-order valence-electron chi connectivity index (χ1n) is 10.1. The maximum absolute atomic E-state index is 10.0. The van der Waals surface area contributed by atoms with Crippen molar-refractivity contribution in [3.05, 3.63) is 90.0 Å². The minimum absolute atomic E-state index is 0.159. The van der Waals surface area contributed by atoms with Gasteiger partial charge < -0.3 is 20.7 Å². The van der Waals surface area contributed by atoms with Gasteiger partial charge in [-0.3, -0.25) is 0 Å². The van der Waals surface area contributed by atoms with Crippen molar-refractivity contribution in [2.75, 3.05) is 6.61 Å². The molecule has 0 aromatic heterocycles. The summed E-state index contributed by atoms with van der Waals surface area (Å²) >= 11 is 1.68. The van der Waals surface area contributed by atoms with Crippen LogP contribution in [0.1, 0.15) is 30.4 Å². The molecule has 0 radical (unpaired) electrons. The zero-order chi connectivity index (χ0) is 21.3. The van der Waals surface area contributed by atoms with Gasteiger partial charge in [-0.25, -0.2) is 0 Å². The van der Waals surface area contributed by atoms with Crippen molar-refractivity contribution < 1.29 is 14.9 Å². The van der Waals surface area contributed by atoms with Crippen LogP contribution in [0.5, 0.6) is 5.75 Å². The van der Waals surface area contributed by atoms with Crippen LogP contribution in [0.25, 0.3) is 0 Å². The number of ether oxygens (including phenoxy) is 1. The molecule has 0 spiro atoms. The third kappa shape index (κ3) is 6.61. The molecule has 158 valence electrons. The average Bonchev–Trinajstić information content (AvgIpc) is 2.78. The summed E-state index contributed by atoms with van der Waals surface area (Å²) in [5, 5.41) is 19.1. The molecule has 3 atom stereocenters. The highest BCUT2D eigenvalue weighted by molar-refractivity contribution is 7.99. The molecular formula is C25H29NO3S. The van der Waals surface area contributed by atoms with Crippen LogP contribution in [0.4, 0.5) is 0 Å². The Morgan fingerprint density at radius 1 is 0.933 bits per heavy atom. The van der Waals surface area contributed by atoms with E-state index in [-0.39, 0.29) is 12.5 Å². The van der Waals surface area contributed by atoms with Crippen LogP contribution < -0.4 is 10.5 Å². The Labute approximate surface area is 182 Å². The van der Waals surface area contributed by atoms with Gasteiger partial charge in [0, 0.05) is 9.79 Å². The Hall–Kier alpha value is -2.31. The number of hydrogen-bond acceptors (Lipinski definition) is 5. The highest BCUT2D eigenvalue weighted by Crippen LogP contribution is 2.32. The summed E-state index contributed by atoms with van der Waals surface area (Å²) in [6.45, 7) is 2.40. The molecule has 0 saturated carbocycles. The van der Waals surface area contributed by atoms with Crippen molar-refractivity contribution in [3.63, 3.8) is 0 Å². The van der Waals surface area contributed by atoms with E-state index in [4.69, 9.17) is 15.6 Å². The lowest BCUT2D eigenvalue weighted by Gasteiger charge is -2.21. The monoisotopic (exact) mass is 423 g/mol. The number of benzene rings is 3. The van der Waals surface area contributed by atoms with Gasteiger partial charge in [0.2, 0.25) is 0 Å². The van der Waals surface area contributed by atoms with E-state index in [0.29, 0.717) is 13.0 Å². The van der Waals surface area contributed by atoms with Crippen molar-refractivity contribution in [1.82, 2.24) is 0 Å². The van der Waals surface area contributed by atoms with Gasteiger partial charge in [-0.15, -0.1) is 0 Å². The fourth-order valence-corrected chi connectivity index (χ4v) is 4.03. The van der Waals surface area contributed by atoms with Crippen LogP contribution >= 0.6 is 11.8 Å². The standard InChI is InChI=1S/C25H29NO3S/c1-18(14-25(28)24(26)16-27)20-10-12-22(13-11-20)30-23-9-5-8-21(15-23)29-17-19-6-3-2-4-7-19/h2-13,15,18,24-25,27-28H,14,16-17,26H2,1H3. The molecule has 5 heteroatoms. The van der Waals surface area contributed by atoms with Gasteiger partial charge in [0.15, 0.2) is 0 Å². The molecule has 0 aliphatic heterocycles. The molecule has 30 heavy (non-hydrogen) atoms. The van der Waals surface area contributed by atoms with Crippen LogP contribution in [0.15, 0.2) is 88.7 Å². The molecule has 3 rings (SSSR count). The van der Waals surface area contributed by atoms with Crippen LogP contribution in [0, 0.1) is 0 Å². The summed E-state index contributed by atoms with van der Waals surface area (Å²) in [6, 6.07) is 26.0. The molecule has 0 bridgehead atoms. The minimum Gasteiger partial charge on any atom is -0.489 e. The predicted octanol–water partition coefficient (Wildman–Crippen LogP) is 4.59. The second-order valence-corrected chi connectivity index (χ2v) is 8.62. The normalized spacial score (nSPS) is 14.1. The smallest absolute Gasteiger partial charge is 0.120 e. The van der Waals surface area contributed by atoms with Crippen LogP contribution in [-0.2, 0) is 6.61 Å². The molecule has 3 aromatic rings. The van der Waals surface area contributed by atoms with Gasteiger partial charge in [-0.2, -0.15) is 0 Å². The number of rotatable bonds is 10. The largest absolute Gasteiger partial charge is 0.489 e. The summed E-state index contributed by atoms with van der Waals surface area (Å²) in [6.07, 6.45) is -0.188. The van der Waals surface area contributed by atoms with Crippen LogP contribution in [-0.4, -0.2) is 29.0 Å². The molecule has 0 amide bonds. The SMILES string of the molecule is CC(CC(O)C(N)CO)c1ccc(Sc2cccc(OCc3ccccc3)c2)cc1. The predicted molar refractivity (Wildman–Crippen MR) is 122 cm³/mol. The maximum atomic E-state index is 10.0. The minimum atomic E-state index is -0.710. The van der Waals surface area contributed by atoms with Gasteiger partial charge in [-0.05, 0) is 53.8 Å². The summed E-state index contributed by atoms with van der Waals surface area (Å²) < 4.78 is 5.92. The topological polar surface area (TPSA) is 75.7 Å². The summed E-state index contributed by atoms with van der Waals surface area (Å²) in [5.41, 5.74) is 7.99. The van der Waals surface area contributed by atoms with Crippen LogP contribution in [0.2, 0.25) is 0 Å². The van der Waals surface area contributed by atoms with E-state index in [1.165, 1.54) is 0 Å². The molecular weight excluding hydrogens is 394 g/mol. The summed E-state index contributed by atoms with van der Waals surface area (Å²) in [5.74, 6) is 1.01. The quantitative estimate of drug-likeness (QED) is 0.445. The number of aliphatic hydroxyl groups is 2.